The summed E-state index contributed by atoms with van der Waals surface area (Å²) in [5.41, 5.74) is 0. The highest BCUT2D eigenvalue weighted by Gasteiger charge is 2.30. The van der Waals surface area contributed by atoms with Crippen LogP contribution in [0.3, 0.4) is 0 Å². The van der Waals surface area contributed by atoms with Crippen molar-refractivity contribution in [3.8, 4) is 0 Å². The van der Waals surface area contributed by atoms with Gasteiger partial charge in [0.15, 0.2) is 12.2 Å². The first kappa shape index (κ1) is 84.1. The number of phosphoric acid groups is 2. The van der Waals surface area contributed by atoms with E-state index in [2.05, 4.69) is 41.5 Å². The molecule has 17 nitrogen and oxygen atoms in total. The molecular formula is C67H130O17P2. The molecule has 0 amide bonds. The summed E-state index contributed by atoms with van der Waals surface area (Å²) in [6, 6.07) is 0. The normalized spacial score (nSPS) is 14.5. The third kappa shape index (κ3) is 59.7. The molecule has 0 aliphatic rings. The number of rotatable bonds is 66. The molecule has 0 aromatic carbocycles. The minimum Gasteiger partial charge on any atom is -0.462 e. The maximum atomic E-state index is 13.0. The first-order valence-electron chi connectivity index (χ1n) is 35.0. The van der Waals surface area contributed by atoms with Crippen molar-refractivity contribution < 1.29 is 80.2 Å². The van der Waals surface area contributed by atoms with Crippen LogP contribution < -0.4 is 0 Å². The molecule has 0 bridgehead atoms. The fourth-order valence-corrected chi connectivity index (χ4v) is 11.6. The van der Waals surface area contributed by atoms with Crippen LogP contribution in [0.25, 0.3) is 0 Å². The zero-order chi connectivity index (χ0) is 63.6. The van der Waals surface area contributed by atoms with Gasteiger partial charge in [-0.05, 0) is 37.5 Å². The lowest BCUT2D eigenvalue weighted by Crippen LogP contribution is -2.30. The Hall–Kier alpha value is -1.94. The zero-order valence-electron chi connectivity index (χ0n) is 55.6. The topological polar surface area (TPSA) is 237 Å². The Morgan fingerprint density at radius 1 is 0.337 bits per heavy atom. The van der Waals surface area contributed by atoms with E-state index in [9.17, 15) is 43.2 Å². The number of carbonyl (C=O) groups is 4. The molecule has 3 N–H and O–H groups in total. The van der Waals surface area contributed by atoms with Crippen LogP contribution in [0.4, 0.5) is 0 Å². The molecule has 0 rings (SSSR count). The molecule has 86 heavy (non-hydrogen) atoms. The smallest absolute Gasteiger partial charge is 0.462 e. The number of carbonyl (C=O) groups excluding carboxylic acids is 4. The van der Waals surface area contributed by atoms with Crippen molar-refractivity contribution in [3.63, 3.8) is 0 Å². The number of unbranched alkanes of at least 4 members (excludes halogenated alkanes) is 35. The lowest BCUT2D eigenvalue weighted by Gasteiger charge is -2.21. The highest BCUT2D eigenvalue weighted by molar-refractivity contribution is 7.47. The van der Waals surface area contributed by atoms with Crippen LogP contribution in [0.15, 0.2) is 0 Å². The first-order chi connectivity index (χ1) is 41.4. The van der Waals surface area contributed by atoms with E-state index in [1.807, 2.05) is 0 Å². The highest BCUT2D eigenvalue weighted by atomic mass is 31.2. The van der Waals surface area contributed by atoms with Crippen LogP contribution in [-0.2, 0) is 65.4 Å². The van der Waals surface area contributed by atoms with Gasteiger partial charge >= 0.3 is 39.5 Å². The van der Waals surface area contributed by atoms with Crippen molar-refractivity contribution in [2.45, 2.75) is 355 Å². The lowest BCUT2D eigenvalue weighted by molar-refractivity contribution is -0.161. The number of aliphatic hydroxyl groups is 1. The van der Waals surface area contributed by atoms with Gasteiger partial charge in [0, 0.05) is 25.7 Å². The molecule has 3 unspecified atom stereocenters. The maximum absolute atomic E-state index is 13.0. The lowest BCUT2D eigenvalue weighted by atomic mass is 10.00. The van der Waals surface area contributed by atoms with E-state index in [1.165, 1.54) is 141 Å². The van der Waals surface area contributed by atoms with Crippen LogP contribution in [0.5, 0.6) is 0 Å². The Labute approximate surface area is 524 Å². The van der Waals surface area contributed by atoms with Gasteiger partial charge in [-0.2, -0.15) is 0 Å². The summed E-state index contributed by atoms with van der Waals surface area (Å²) in [6.45, 7) is 9.32. The van der Waals surface area contributed by atoms with Crippen LogP contribution >= 0.6 is 15.6 Å². The second-order valence-electron chi connectivity index (χ2n) is 24.9. The molecular weight excluding hydrogens is 1140 g/mol. The van der Waals surface area contributed by atoms with Crippen molar-refractivity contribution >= 4 is 39.5 Å². The molecule has 0 saturated heterocycles. The summed E-state index contributed by atoms with van der Waals surface area (Å²) in [5, 5.41) is 10.5. The van der Waals surface area contributed by atoms with Crippen LogP contribution in [-0.4, -0.2) is 96.7 Å². The number of hydrogen-bond acceptors (Lipinski definition) is 15. The van der Waals surface area contributed by atoms with Crippen LogP contribution in [0.1, 0.15) is 337 Å². The van der Waals surface area contributed by atoms with E-state index in [4.69, 9.17) is 37.0 Å². The molecule has 510 valence electrons. The number of hydrogen-bond donors (Lipinski definition) is 3. The Kier molecular flexibility index (Phi) is 58.0. The Morgan fingerprint density at radius 3 is 0.884 bits per heavy atom. The predicted molar refractivity (Wildman–Crippen MR) is 345 cm³/mol. The second kappa shape index (κ2) is 59.4. The van der Waals surface area contributed by atoms with Crippen molar-refractivity contribution in [1.82, 2.24) is 0 Å². The van der Waals surface area contributed by atoms with E-state index in [-0.39, 0.29) is 25.7 Å². The summed E-state index contributed by atoms with van der Waals surface area (Å²) in [4.78, 5) is 72.0. The third-order valence-corrected chi connectivity index (χ3v) is 17.7. The Balaban J connectivity index is 5.08. The van der Waals surface area contributed by atoms with Crippen LogP contribution in [0, 0.1) is 11.8 Å². The van der Waals surface area contributed by atoms with Gasteiger partial charge in [-0.15, -0.1) is 0 Å². The average Bonchev–Trinajstić information content (AvgIpc) is 3.48. The summed E-state index contributed by atoms with van der Waals surface area (Å²) in [6.07, 6.45) is 43.8. The standard InChI is InChI=1S/C67H130O17P2/c1-7-10-12-14-15-16-17-18-19-20-21-22-23-24-25-26-27-28-31-39-45-51-66(71)83-63(56-78-65(70)50-44-38-32-29-30-36-41-47-59(4)5)58-82-86(75,76)80-54-61(68)53-79-85(73,74)81-57-62(55-77-64(69)49-43-35-13-11-8-2)84-67(72)52-46-40-34-33-37-42-48-60(6)9-3/h59-63,68H,7-58H2,1-6H3,(H,73,74)(H,75,76)/t60?,61-,62+,63+/m0/s1. The molecule has 0 aromatic rings. The quantitative estimate of drug-likeness (QED) is 0.0222. The zero-order valence-corrected chi connectivity index (χ0v) is 57.4. The molecule has 0 spiro atoms. The largest absolute Gasteiger partial charge is 0.472 e. The molecule has 0 heterocycles. The molecule has 0 aliphatic heterocycles. The number of esters is 4. The highest BCUT2D eigenvalue weighted by Crippen LogP contribution is 2.45. The fourth-order valence-electron chi connectivity index (χ4n) is 10.0. The number of ether oxygens (including phenoxy) is 4. The van der Waals surface area contributed by atoms with E-state index < -0.39 is 97.5 Å². The van der Waals surface area contributed by atoms with Gasteiger partial charge in [0.25, 0.3) is 0 Å². The van der Waals surface area contributed by atoms with E-state index in [0.717, 1.165) is 109 Å². The summed E-state index contributed by atoms with van der Waals surface area (Å²) < 4.78 is 67.9. The summed E-state index contributed by atoms with van der Waals surface area (Å²) in [5.74, 6) is -0.720. The van der Waals surface area contributed by atoms with Gasteiger partial charge < -0.3 is 33.8 Å². The van der Waals surface area contributed by atoms with Crippen molar-refractivity contribution in [3.05, 3.63) is 0 Å². The van der Waals surface area contributed by atoms with Gasteiger partial charge in [0.2, 0.25) is 0 Å². The predicted octanol–water partition coefficient (Wildman–Crippen LogP) is 18.8. The Morgan fingerprint density at radius 2 is 0.593 bits per heavy atom. The van der Waals surface area contributed by atoms with Gasteiger partial charge in [-0.25, -0.2) is 9.13 Å². The van der Waals surface area contributed by atoms with Crippen molar-refractivity contribution in [2.75, 3.05) is 39.6 Å². The first-order valence-corrected chi connectivity index (χ1v) is 38.0. The third-order valence-electron chi connectivity index (χ3n) is 15.8. The SMILES string of the molecule is CCCCCCCCCCCCCCCCCCCCCCCC(=O)O[C@H](COC(=O)CCCCCCCCCC(C)C)COP(=O)(O)OC[C@@H](O)COP(=O)(O)OC[C@@H](COC(=O)CCCCCCC)OC(=O)CCCCCCCCC(C)CC. The van der Waals surface area contributed by atoms with Crippen molar-refractivity contribution in [1.29, 1.82) is 0 Å². The molecule has 0 aromatic heterocycles. The van der Waals surface area contributed by atoms with Gasteiger partial charge in [0.1, 0.15) is 19.3 Å². The molecule has 19 heteroatoms. The number of aliphatic hydroxyl groups excluding tert-OH is 1. The fraction of sp³-hybridized carbons (Fsp3) is 0.940. The van der Waals surface area contributed by atoms with E-state index in [1.54, 1.807) is 0 Å². The number of phosphoric ester groups is 2. The minimum absolute atomic E-state index is 0.102. The van der Waals surface area contributed by atoms with E-state index in [0.29, 0.717) is 31.6 Å². The van der Waals surface area contributed by atoms with E-state index >= 15 is 0 Å². The average molecular weight is 1270 g/mol. The van der Waals surface area contributed by atoms with Crippen LogP contribution in [0.2, 0.25) is 0 Å². The molecule has 0 saturated carbocycles. The molecule has 6 atom stereocenters. The molecule has 0 radical (unpaired) electrons. The Bertz CT molecular complexity index is 1690. The molecule has 0 fully saturated rings. The van der Waals surface area contributed by atoms with Gasteiger partial charge in [-0.3, -0.25) is 37.3 Å². The summed E-state index contributed by atoms with van der Waals surface area (Å²) >= 11 is 0. The summed E-state index contributed by atoms with van der Waals surface area (Å²) in [7, 11) is -9.88. The minimum atomic E-state index is -4.95. The van der Waals surface area contributed by atoms with Crippen molar-refractivity contribution in [2.24, 2.45) is 11.8 Å². The van der Waals surface area contributed by atoms with Gasteiger partial charge in [-0.1, -0.05) is 286 Å². The van der Waals surface area contributed by atoms with Gasteiger partial charge in [0.05, 0.1) is 26.4 Å². The molecule has 0 aliphatic carbocycles. The second-order valence-corrected chi connectivity index (χ2v) is 27.8. The monoisotopic (exact) mass is 1270 g/mol. The maximum Gasteiger partial charge on any atom is 0.472 e.